The van der Waals surface area contributed by atoms with E-state index in [2.05, 4.69) is 15.4 Å². The highest BCUT2D eigenvalue weighted by Gasteiger charge is 2.12. The number of ether oxygens (including phenoxy) is 1. The Hall–Kier alpha value is -3.00. The van der Waals surface area contributed by atoms with Crippen molar-refractivity contribution in [3.8, 4) is 0 Å². The number of thiazole rings is 1. The maximum absolute atomic E-state index is 12.1. The third-order valence-corrected chi connectivity index (χ3v) is 4.61. The van der Waals surface area contributed by atoms with Crippen LogP contribution in [0.25, 0.3) is 0 Å². The fraction of sp³-hybridized carbons (Fsp3) is 0.263. The highest BCUT2D eigenvalue weighted by atomic mass is 32.1. The molecule has 27 heavy (non-hydrogen) atoms. The molecular formula is C19H20N4O3S. The van der Waals surface area contributed by atoms with Crippen LogP contribution >= 0.6 is 11.3 Å². The number of anilines is 1. The zero-order valence-electron chi connectivity index (χ0n) is 15.1. The Morgan fingerprint density at radius 1 is 1.22 bits per heavy atom. The second-order valence-corrected chi connectivity index (χ2v) is 6.87. The van der Waals surface area contributed by atoms with Gasteiger partial charge in [0, 0.05) is 16.6 Å². The molecule has 7 nitrogen and oxygen atoms in total. The van der Waals surface area contributed by atoms with Crippen molar-refractivity contribution in [3.05, 3.63) is 64.4 Å². The van der Waals surface area contributed by atoms with Crippen molar-refractivity contribution in [3.63, 3.8) is 0 Å². The zero-order chi connectivity index (χ0) is 19.2. The fourth-order valence-corrected chi connectivity index (χ4v) is 3.26. The molecule has 0 saturated heterocycles. The third kappa shape index (κ3) is 5.24. The number of carbonyl (C=O) groups is 2. The molecule has 0 aliphatic carbocycles. The normalized spacial score (nSPS) is 10.6. The predicted molar refractivity (Wildman–Crippen MR) is 103 cm³/mol. The van der Waals surface area contributed by atoms with Crippen LogP contribution in [0.1, 0.15) is 27.4 Å². The summed E-state index contributed by atoms with van der Waals surface area (Å²) in [5, 5.41) is 9.24. The molecule has 8 heteroatoms. The summed E-state index contributed by atoms with van der Waals surface area (Å²) in [4.78, 5) is 28.3. The topological polar surface area (TPSA) is 86.1 Å². The molecule has 0 aliphatic rings. The number of hydrogen-bond acceptors (Lipinski definition) is 6. The molecule has 0 saturated carbocycles. The van der Waals surface area contributed by atoms with Gasteiger partial charge in [-0.3, -0.25) is 19.6 Å². The Kier molecular flexibility index (Phi) is 5.97. The standard InChI is InChI=1S/C19H20N4O3S/c1-13-10-14(2)23(22-13)8-9-26-17(24)11-16-12-27-19(20-16)21-18(25)15-6-4-3-5-7-15/h3-7,10,12H,8-9,11H2,1-2H3,(H,20,21,25). The molecule has 0 aliphatic heterocycles. The highest BCUT2D eigenvalue weighted by Crippen LogP contribution is 2.17. The van der Waals surface area contributed by atoms with E-state index in [1.807, 2.05) is 30.7 Å². The molecule has 0 unspecified atom stereocenters. The lowest BCUT2D eigenvalue weighted by molar-refractivity contribution is -0.143. The molecule has 140 valence electrons. The monoisotopic (exact) mass is 384 g/mol. The van der Waals surface area contributed by atoms with Crippen LogP contribution in [0.4, 0.5) is 5.13 Å². The van der Waals surface area contributed by atoms with Crippen LogP contribution in [-0.2, 0) is 22.5 Å². The third-order valence-electron chi connectivity index (χ3n) is 3.80. The smallest absolute Gasteiger partial charge is 0.311 e. The first kappa shape index (κ1) is 18.8. The molecule has 0 fully saturated rings. The van der Waals surface area contributed by atoms with Crippen LogP contribution in [0, 0.1) is 13.8 Å². The van der Waals surface area contributed by atoms with E-state index in [4.69, 9.17) is 4.74 Å². The summed E-state index contributed by atoms with van der Waals surface area (Å²) in [6.45, 7) is 4.65. The first-order valence-corrected chi connectivity index (χ1v) is 9.36. The van der Waals surface area contributed by atoms with Gasteiger partial charge in [-0.05, 0) is 32.0 Å². The van der Waals surface area contributed by atoms with Gasteiger partial charge < -0.3 is 4.74 Å². The van der Waals surface area contributed by atoms with E-state index in [0.29, 0.717) is 22.9 Å². The molecule has 1 amide bonds. The van der Waals surface area contributed by atoms with Crippen molar-refractivity contribution in [1.29, 1.82) is 0 Å². The van der Waals surface area contributed by atoms with Crippen LogP contribution in [-0.4, -0.2) is 33.2 Å². The lowest BCUT2D eigenvalue weighted by Gasteiger charge is -2.06. The average molecular weight is 384 g/mol. The van der Waals surface area contributed by atoms with Crippen molar-refractivity contribution < 1.29 is 14.3 Å². The van der Waals surface area contributed by atoms with Crippen LogP contribution in [0.5, 0.6) is 0 Å². The fourth-order valence-electron chi connectivity index (χ4n) is 2.55. The Bertz CT molecular complexity index is 934. The second-order valence-electron chi connectivity index (χ2n) is 6.01. The van der Waals surface area contributed by atoms with Crippen molar-refractivity contribution in [2.75, 3.05) is 11.9 Å². The molecule has 2 aromatic heterocycles. The number of nitrogens with zero attached hydrogens (tertiary/aromatic N) is 3. The van der Waals surface area contributed by atoms with Crippen LogP contribution in [0.15, 0.2) is 41.8 Å². The van der Waals surface area contributed by atoms with Gasteiger partial charge in [0.05, 0.1) is 24.4 Å². The molecule has 3 aromatic rings. The van der Waals surface area contributed by atoms with Gasteiger partial charge in [-0.1, -0.05) is 18.2 Å². The summed E-state index contributed by atoms with van der Waals surface area (Å²) in [5.41, 5.74) is 3.09. The minimum Gasteiger partial charge on any atom is -0.463 e. The number of amides is 1. The van der Waals surface area contributed by atoms with Crippen molar-refractivity contribution >= 4 is 28.3 Å². The number of nitrogens with one attached hydrogen (secondary N) is 1. The molecule has 3 rings (SSSR count). The lowest BCUT2D eigenvalue weighted by atomic mass is 10.2. The van der Waals surface area contributed by atoms with Gasteiger partial charge in [-0.15, -0.1) is 11.3 Å². The molecule has 0 atom stereocenters. The van der Waals surface area contributed by atoms with Gasteiger partial charge in [0.2, 0.25) is 0 Å². The number of hydrogen-bond donors (Lipinski definition) is 1. The SMILES string of the molecule is Cc1cc(C)n(CCOC(=O)Cc2csc(NC(=O)c3ccccc3)n2)n1. The summed E-state index contributed by atoms with van der Waals surface area (Å²) in [6, 6.07) is 10.9. The van der Waals surface area contributed by atoms with Gasteiger partial charge in [-0.25, -0.2) is 4.98 Å². The van der Waals surface area contributed by atoms with Gasteiger partial charge >= 0.3 is 5.97 Å². The van der Waals surface area contributed by atoms with Crippen LogP contribution < -0.4 is 5.32 Å². The number of benzene rings is 1. The summed E-state index contributed by atoms with van der Waals surface area (Å²) in [6.07, 6.45) is 0.0643. The van der Waals surface area contributed by atoms with Crippen LogP contribution in [0.2, 0.25) is 0 Å². The van der Waals surface area contributed by atoms with Crippen molar-refractivity contribution in [2.24, 2.45) is 0 Å². The van der Waals surface area contributed by atoms with E-state index < -0.39 is 0 Å². The molecule has 0 radical (unpaired) electrons. The number of aryl methyl sites for hydroxylation is 2. The van der Waals surface area contributed by atoms with E-state index in [-0.39, 0.29) is 24.9 Å². The van der Waals surface area contributed by atoms with Gasteiger partial charge in [0.1, 0.15) is 6.61 Å². The minimum atomic E-state index is -0.359. The second kappa shape index (κ2) is 8.59. The van der Waals surface area contributed by atoms with E-state index in [0.717, 1.165) is 11.4 Å². The molecule has 1 aromatic carbocycles. The lowest BCUT2D eigenvalue weighted by Crippen LogP contribution is -2.15. The number of aromatic nitrogens is 3. The van der Waals surface area contributed by atoms with Gasteiger partial charge in [-0.2, -0.15) is 5.10 Å². The quantitative estimate of drug-likeness (QED) is 0.633. The summed E-state index contributed by atoms with van der Waals surface area (Å²) < 4.78 is 7.06. The van der Waals surface area contributed by atoms with E-state index in [1.165, 1.54) is 11.3 Å². The van der Waals surface area contributed by atoms with Crippen molar-refractivity contribution in [1.82, 2.24) is 14.8 Å². The minimum absolute atomic E-state index is 0.0643. The first-order chi connectivity index (χ1) is 13.0. The summed E-state index contributed by atoms with van der Waals surface area (Å²) >= 11 is 1.28. The maximum atomic E-state index is 12.1. The summed E-state index contributed by atoms with van der Waals surface area (Å²) in [7, 11) is 0. The molecule has 0 spiro atoms. The van der Waals surface area contributed by atoms with Gasteiger partial charge in [0.25, 0.3) is 5.91 Å². The average Bonchev–Trinajstić information content (AvgIpc) is 3.21. The van der Waals surface area contributed by atoms with Crippen LogP contribution in [0.3, 0.4) is 0 Å². The first-order valence-electron chi connectivity index (χ1n) is 8.49. The largest absolute Gasteiger partial charge is 0.463 e. The molecular weight excluding hydrogens is 364 g/mol. The highest BCUT2D eigenvalue weighted by molar-refractivity contribution is 7.14. The zero-order valence-corrected chi connectivity index (χ0v) is 16.0. The van der Waals surface area contributed by atoms with Crippen molar-refractivity contribution in [2.45, 2.75) is 26.8 Å². The predicted octanol–water partition coefficient (Wildman–Crippen LogP) is 2.99. The number of rotatable bonds is 7. The van der Waals surface area contributed by atoms with E-state index in [9.17, 15) is 9.59 Å². The summed E-state index contributed by atoms with van der Waals surface area (Å²) in [5.74, 6) is -0.591. The van der Waals surface area contributed by atoms with E-state index in [1.54, 1.807) is 29.6 Å². The molecule has 0 bridgehead atoms. The van der Waals surface area contributed by atoms with Gasteiger partial charge in [0.15, 0.2) is 5.13 Å². The Morgan fingerprint density at radius 3 is 2.70 bits per heavy atom. The van der Waals surface area contributed by atoms with E-state index >= 15 is 0 Å². The molecule has 1 N–H and O–H groups in total. The Balaban J connectivity index is 1.46. The maximum Gasteiger partial charge on any atom is 0.311 e. The number of carbonyl (C=O) groups excluding carboxylic acids is 2. The Morgan fingerprint density at radius 2 is 2.00 bits per heavy atom. The Labute approximate surface area is 161 Å². The number of esters is 1. The molecule has 2 heterocycles.